The van der Waals surface area contributed by atoms with Crippen LogP contribution in [0.3, 0.4) is 0 Å². The van der Waals surface area contributed by atoms with Crippen molar-refractivity contribution >= 4 is 34.5 Å². The molecule has 3 rings (SSSR count). The fourth-order valence-corrected chi connectivity index (χ4v) is 4.20. The predicted octanol–water partition coefficient (Wildman–Crippen LogP) is 4.18. The van der Waals surface area contributed by atoms with Gasteiger partial charge in [-0.05, 0) is 37.0 Å². The second-order valence-electron chi connectivity index (χ2n) is 4.81. The molecule has 0 spiro atoms. The molecule has 0 amide bonds. The minimum Gasteiger partial charge on any atom is -0.324 e. The number of rotatable bonds is 3. The maximum atomic E-state index is 6.24. The van der Waals surface area contributed by atoms with Crippen molar-refractivity contribution in [1.29, 1.82) is 0 Å². The maximum Gasteiger partial charge on any atom is 0.0950 e. The second-order valence-corrected chi connectivity index (χ2v) is 6.82. The van der Waals surface area contributed by atoms with Crippen molar-refractivity contribution in [2.45, 2.75) is 31.7 Å². The highest BCUT2D eigenvalue weighted by molar-refractivity contribution is 7.11. The zero-order valence-corrected chi connectivity index (χ0v) is 12.7. The number of fused-ring (bicyclic) bond motifs is 1. The summed E-state index contributed by atoms with van der Waals surface area (Å²) < 4.78 is 0. The fraction of sp³-hybridized carbons (Fsp3) is 0.357. The third-order valence-electron chi connectivity index (χ3n) is 3.40. The largest absolute Gasteiger partial charge is 0.324 e. The van der Waals surface area contributed by atoms with Crippen molar-refractivity contribution in [1.82, 2.24) is 4.98 Å². The van der Waals surface area contributed by atoms with Gasteiger partial charge in [0.2, 0.25) is 0 Å². The maximum absolute atomic E-state index is 6.24. The van der Waals surface area contributed by atoms with Crippen LogP contribution in [-0.2, 0) is 19.3 Å². The Hall–Kier alpha value is -0.610. The molecule has 2 nitrogen and oxygen atoms in total. The van der Waals surface area contributed by atoms with E-state index in [4.69, 9.17) is 28.9 Å². The number of aryl methyl sites for hydroxylation is 2. The standard InChI is InChI=1S/C14H14Cl2N2S/c15-8-4-5-9(10(16)6-8)11(17)7-14-18-12-2-1-3-13(12)19-14/h4-6,11H,1-3,7,17H2. The molecule has 19 heavy (non-hydrogen) atoms. The van der Waals surface area contributed by atoms with Crippen molar-refractivity contribution in [3.05, 3.63) is 49.4 Å². The summed E-state index contributed by atoms with van der Waals surface area (Å²) in [5.41, 5.74) is 8.44. The lowest BCUT2D eigenvalue weighted by Gasteiger charge is -2.12. The third kappa shape index (κ3) is 2.79. The Balaban J connectivity index is 1.78. The predicted molar refractivity (Wildman–Crippen MR) is 81.2 cm³/mol. The molecule has 0 bridgehead atoms. The molecular formula is C14H14Cl2N2S. The van der Waals surface area contributed by atoms with E-state index in [-0.39, 0.29) is 6.04 Å². The molecule has 1 heterocycles. The van der Waals surface area contributed by atoms with Gasteiger partial charge >= 0.3 is 0 Å². The number of nitrogens with zero attached hydrogens (tertiary/aromatic N) is 1. The first-order chi connectivity index (χ1) is 9.13. The van der Waals surface area contributed by atoms with E-state index in [2.05, 4.69) is 4.98 Å². The molecule has 1 aliphatic rings. The molecule has 2 N–H and O–H groups in total. The lowest BCUT2D eigenvalue weighted by Crippen LogP contribution is -2.13. The molecule has 0 aliphatic heterocycles. The third-order valence-corrected chi connectivity index (χ3v) is 5.14. The first kappa shape index (κ1) is 13.4. The molecule has 0 radical (unpaired) electrons. The number of nitrogens with two attached hydrogens (primary N) is 1. The number of hydrogen-bond acceptors (Lipinski definition) is 3. The molecule has 0 saturated heterocycles. The average molecular weight is 313 g/mol. The minimum atomic E-state index is -0.129. The zero-order valence-electron chi connectivity index (χ0n) is 10.3. The van der Waals surface area contributed by atoms with Crippen LogP contribution in [0, 0.1) is 0 Å². The van der Waals surface area contributed by atoms with Crippen molar-refractivity contribution in [3.8, 4) is 0 Å². The van der Waals surface area contributed by atoms with Crippen molar-refractivity contribution in [2.75, 3.05) is 0 Å². The minimum absolute atomic E-state index is 0.129. The summed E-state index contributed by atoms with van der Waals surface area (Å²) in [4.78, 5) is 6.11. The van der Waals surface area contributed by atoms with Gasteiger partial charge < -0.3 is 5.73 Å². The van der Waals surface area contributed by atoms with Crippen molar-refractivity contribution in [3.63, 3.8) is 0 Å². The quantitative estimate of drug-likeness (QED) is 0.923. The van der Waals surface area contributed by atoms with E-state index in [1.165, 1.54) is 23.4 Å². The lowest BCUT2D eigenvalue weighted by atomic mass is 10.1. The van der Waals surface area contributed by atoms with E-state index in [0.29, 0.717) is 10.0 Å². The molecule has 0 fully saturated rings. The van der Waals surface area contributed by atoms with E-state index in [1.54, 1.807) is 17.4 Å². The van der Waals surface area contributed by atoms with Gasteiger partial charge in [0.1, 0.15) is 0 Å². The van der Waals surface area contributed by atoms with E-state index in [1.807, 2.05) is 12.1 Å². The van der Waals surface area contributed by atoms with Gasteiger partial charge in [-0.15, -0.1) is 11.3 Å². The van der Waals surface area contributed by atoms with Crippen LogP contribution in [0.4, 0.5) is 0 Å². The number of halogens is 2. The zero-order chi connectivity index (χ0) is 13.4. The molecule has 1 aromatic heterocycles. The Labute approximate surface area is 126 Å². The number of hydrogen-bond donors (Lipinski definition) is 1. The molecule has 5 heteroatoms. The van der Waals surface area contributed by atoms with Gasteiger partial charge in [-0.1, -0.05) is 29.3 Å². The monoisotopic (exact) mass is 312 g/mol. The Morgan fingerprint density at radius 1 is 1.32 bits per heavy atom. The molecule has 1 aromatic carbocycles. The second kappa shape index (κ2) is 5.41. The number of thiazole rings is 1. The molecule has 1 aliphatic carbocycles. The van der Waals surface area contributed by atoms with Crippen LogP contribution >= 0.6 is 34.5 Å². The highest BCUT2D eigenvalue weighted by atomic mass is 35.5. The van der Waals surface area contributed by atoms with Crippen LogP contribution in [0.2, 0.25) is 10.0 Å². The summed E-state index contributed by atoms with van der Waals surface area (Å²) in [7, 11) is 0. The summed E-state index contributed by atoms with van der Waals surface area (Å²) in [6.07, 6.45) is 4.26. The van der Waals surface area contributed by atoms with Gasteiger partial charge in [0.05, 0.1) is 10.7 Å². The van der Waals surface area contributed by atoms with Gasteiger partial charge in [-0.3, -0.25) is 0 Å². The Morgan fingerprint density at radius 3 is 2.89 bits per heavy atom. The van der Waals surface area contributed by atoms with Crippen LogP contribution < -0.4 is 5.73 Å². The first-order valence-corrected chi connectivity index (χ1v) is 7.88. The van der Waals surface area contributed by atoms with Crippen molar-refractivity contribution in [2.24, 2.45) is 5.73 Å². The van der Waals surface area contributed by atoms with E-state index in [0.717, 1.165) is 23.4 Å². The Bertz CT molecular complexity index is 588. The van der Waals surface area contributed by atoms with Gasteiger partial charge in [0.15, 0.2) is 0 Å². The van der Waals surface area contributed by atoms with Gasteiger partial charge in [0.25, 0.3) is 0 Å². The molecule has 2 aromatic rings. The molecule has 1 unspecified atom stereocenters. The molecular weight excluding hydrogens is 299 g/mol. The highest BCUT2D eigenvalue weighted by Crippen LogP contribution is 2.31. The van der Waals surface area contributed by atoms with Gasteiger partial charge in [-0.2, -0.15) is 0 Å². The molecule has 100 valence electrons. The Kier molecular flexibility index (Phi) is 3.81. The number of benzene rings is 1. The topological polar surface area (TPSA) is 38.9 Å². The van der Waals surface area contributed by atoms with Gasteiger partial charge in [0, 0.05) is 27.4 Å². The van der Waals surface area contributed by atoms with E-state index >= 15 is 0 Å². The summed E-state index contributed by atoms with van der Waals surface area (Å²) in [6.45, 7) is 0. The number of aromatic nitrogens is 1. The van der Waals surface area contributed by atoms with E-state index < -0.39 is 0 Å². The Morgan fingerprint density at radius 2 is 2.16 bits per heavy atom. The summed E-state index contributed by atoms with van der Waals surface area (Å²) in [6, 6.07) is 5.33. The molecule has 1 atom stereocenters. The van der Waals surface area contributed by atoms with Crippen molar-refractivity contribution < 1.29 is 0 Å². The van der Waals surface area contributed by atoms with Crippen LogP contribution in [0.15, 0.2) is 18.2 Å². The van der Waals surface area contributed by atoms with Crippen LogP contribution in [-0.4, -0.2) is 4.98 Å². The van der Waals surface area contributed by atoms with Crippen LogP contribution in [0.1, 0.15) is 33.6 Å². The lowest BCUT2D eigenvalue weighted by molar-refractivity contribution is 0.715. The average Bonchev–Trinajstić information content (AvgIpc) is 2.89. The smallest absolute Gasteiger partial charge is 0.0950 e. The van der Waals surface area contributed by atoms with E-state index in [9.17, 15) is 0 Å². The fourth-order valence-electron chi connectivity index (χ4n) is 2.43. The van der Waals surface area contributed by atoms with Gasteiger partial charge in [-0.25, -0.2) is 4.98 Å². The SMILES string of the molecule is NC(Cc1nc2c(s1)CCC2)c1ccc(Cl)cc1Cl. The highest BCUT2D eigenvalue weighted by Gasteiger charge is 2.19. The summed E-state index contributed by atoms with van der Waals surface area (Å²) in [5.74, 6) is 0. The normalized spacial score (nSPS) is 15.5. The summed E-state index contributed by atoms with van der Waals surface area (Å²) >= 11 is 13.9. The first-order valence-electron chi connectivity index (χ1n) is 6.31. The van der Waals surface area contributed by atoms with Crippen LogP contribution in [0.5, 0.6) is 0 Å². The molecule has 0 saturated carbocycles. The van der Waals surface area contributed by atoms with Crippen LogP contribution in [0.25, 0.3) is 0 Å². The summed E-state index contributed by atoms with van der Waals surface area (Å²) in [5, 5.41) is 2.38.